The van der Waals surface area contributed by atoms with Crippen molar-refractivity contribution >= 4 is 0 Å². The van der Waals surface area contributed by atoms with Crippen LogP contribution in [-0.4, -0.2) is 63.5 Å². The maximum atomic E-state index is 5.77. The van der Waals surface area contributed by atoms with E-state index < -0.39 is 0 Å². The highest BCUT2D eigenvalue weighted by Crippen LogP contribution is 2.32. The largest absolute Gasteiger partial charge is 0.383 e. The molecule has 1 saturated carbocycles. The van der Waals surface area contributed by atoms with E-state index in [-0.39, 0.29) is 0 Å². The normalized spacial score (nSPS) is 26.1. The average molecular weight is 298 g/mol. The molecule has 0 spiro atoms. The van der Waals surface area contributed by atoms with Crippen LogP contribution >= 0.6 is 0 Å². The summed E-state index contributed by atoms with van der Waals surface area (Å²) in [6.07, 6.45) is 6.34. The van der Waals surface area contributed by atoms with Crippen LogP contribution in [0, 0.1) is 5.41 Å². The molecule has 2 fully saturated rings. The second kappa shape index (κ2) is 8.47. The maximum absolute atomic E-state index is 5.77. The Kier molecular flexibility index (Phi) is 6.93. The summed E-state index contributed by atoms with van der Waals surface area (Å²) in [5.74, 6) is 0. The summed E-state index contributed by atoms with van der Waals surface area (Å²) in [6, 6.07) is 1.45. The van der Waals surface area contributed by atoms with Crippen molar-refractivity contribution in [1.29, 1.82) is 0 Å². The summed E-state index contributed by atoms with van der Waals surface area (Å²) in [4.78, 5) is 2.65. The van der Waals surface area contributed by atoms with Crippen molar-refractivity contribution in [2.75, 3.05) is 46.6 Å². The Morgan fingerprint density at radius 1 is 1.33 bits per heavy atom. The van der Waals surface area contributed by atoms with Gasteiger partial charge in [0.25, 0.3) is 0 Å². The molecule has 21 heavy (non-hydrogen) atoms. The predicted molar refractivity (Wildman–Crippen MR) is 86.7 cm³/mol. The van der Waals surface area contributed by atoms with Crippen molar-refractivity contribution < 1.29 is 9.47 Å². The maximum Gasteiger partial charge on any atom is 0.0589 e. The van der Waals surface area contributed by atoms with Crippen LogP contribution in [0.4, 0.5) is 0 Å². The van der Waals surface area contributed by atoms with Gasteiger partial charge in [-0.3, -0.25) is 4.90 Å². The lowest BCUT2D eigenvalue weighted by molar-refractivity contribution is 0.0593. The molecular weight excluding hydrogens is 264 g/mol. The fourth-order valence-corrected chi connectivity index (χ4v) is 3.45. The third kappa shape index (κ3) is 5.20. The fourth-order valence-electron chi connectivity index (χ4n) is 3.45. The van der Waals surface area contributed by atoms with E-state index in [0.29, 0.717) is 11.5 Å². The van der Waals surface area contributed by atoms with Gasteiger partial charge in [-0.2, -0.15) is 0 Å². The second-order valence-corrected chi connectivity index (χ2v) is 6.89. The van der Waals surface area contributed by atoms with Crippen LogP contribution < -0.4 is 5.32 Å². The molecule has 1 atom stereocenters. The SMILES string of the molecule is CCC(CC)N(CCOC)CC1(CNC2CC2)CCOC1. The molecule has 2 rings (SSSR count). The van der Waals surface area contributed by atoms with E-state index in [1.165, 1.54) is 32.1 Å². The van der Waals surface area contributed by atoms with Gasteiger partial charge in [0.2, 0.25) is 0 Å². The number of nitrogens with one attached hydrogen (secondary N) is 1. The Morgan fingerprint density at radius 3 is 2.62 bits per heavy atom. The van der Waals surface area contributed by atoms with E-state index >= 15 is 0 Å². The average Bonchev–Trinajstić information content (AvgIpc) is 3.23. The van der Waals surface area contributed by atoms with Gasteiger partial charge < -0.3 is 14.8 Å². The van der Waals surface area contributed by atoms with Crippen LogP contribution in [0.5, 0.6) is 0 Å². The van der Waals surface area contributed by atoms with E-state index in [9.17, 15) is 0 Å². The highest BCUT2D eigenvalue weighted by Gasteiger charge is 2.38. The van der Waals surface area contributed by atoms with Crippen LogP contribution in [0.3, 0.4) is 0 Å². The summed E-state index contributed by atoms with van der Waals surface area (Å²) >= 11 is 0. The van der Waals surface area contributed by atoms with Crippen molar-refractivity contribution in [3.63, 3.8) is 0 Å². The molecule has 1 aliphatic carbocycles. The molecule has 1 N–H and O–H groups in total. The molecule has 0 aromatic carbocycles. The van der Waals surface area contributed by atoms with Crippen molar-refractivity contribution in [1.82, 2.24) is 10.2 Å². The van der Waals surface area contributed by atoms with Crippen molar-refractivity contribution in [3.05, 3.63) is 0 Å². The van der Waals surface area contributed by atoms with E-state index in [1.807, 2.05) is 0 Å². The van der Waals surface area contributed by atoms with Gasteiger partial charge in [0.05, 0.1) is 13.2 Å². The molecule has 1 saturated heterocycles. The molecule has 1 unspecified atom stereocenters. The summed E-state index contributed by atoms with van der Waals surface area (Å²) in [5, 5.41) is 3.74. The quantitative estimate of drug-likeness (QED) is 0.634. The van der Waals surface area contributed by atoms with Gasteiger partial charge in [-0.15, -0.1) is 0 Å². The van der Waals surface area contributed by atoms with Gasteiger partial charge in [-0.1, -0.05) is 13.8 Å². The van der Waals surface area contributed by atoms with E-state index in [4.69, 9.17) is 9.47 Å². The second-order valence-electron chi connectivity index (χ2n) is 6.89. The number of ether oxygens (including phenoxy) is 2. The Balaban J connectivity index is 1.95. The standard InChI is InChI=1S/C17H34N2O2/c1-4-16(5-2)19(9-11-20-3)13-17(8-10-21-14-17)12-18-15-6-7-15/h15-16,18H,4-14H2,1-3H3. The third-order valence-electron chi connectivity index (χ3n) is 5.11. The molecule has 4 nitrogen and oxygen atoms in total. The lowest BCUT2D eigenvalue weighted by Crippen LogP contribution is -2.49. The van der Waals surface area contributed by atoms with Crippen LogP contribution in [0.1, 0.15) is 46.0 Å². The molecule has 2 aliphatic rings. The van der Waals surface area contributed by atoms with Gasteiger partial charge in [-0.05, 0) is 32.1 Å². The first kappa shape index (κ1) is 17.2. The molecule has 1 aliphatic heterocycles. The molecule has 124 valence electrons. The first-order valence-electron chi connectivity index (χ1n) is 8.77. The number of methoxy groups -OCH3 is 1. The molecule has 0 amide bonds. The summed E-state index contributed by atoms with van der Waals surface area (Å²) in [5.41, 5.74) is 0.304. The van der Waals surface area contributed by atoms with Crippen molar-refractivity contribution in [2.24, 2.45) is 5.41 Å². The topological polar surface area (TPSA) is 33.7 Å². The summed E-state index contributed by atoms with van der Waals surface area (Å²) in [6.45, 7) is 10.5. The number of rotatable bonds is 11. The van der Waals surface area contributed by atoms with Gasteiger partial charge >= 0.3 is 0 Å². The summed E-state index contributed by atoms with van der Waals surface area (Å²) in [7, 11) is 1.80. The number of nitrogens with zero attached hydrogens (tertiary/aromatic N) is 1. The monoisotopic (exact) mass is 298 g/mol. The van der Waals surface area contributed by atoms with Gasteiger partial charge in [0.15, 0.2) is 0 Å². The van der Waals surface area contributed by atoms with E-state index in [1.54, 1.807) is 7.11 Å². The minimum Gasteiger partial charge on any atom is -0.383 e. The lowest BCUT2D eigenvalue weighted by atomic mass is 9.85. The Hall–Kier alpha value is -0.160. The van der Waals surface area contributed by atoms with Gasteiger partial charge in [0.1, 0.15) is 0 Å². The lowest BCUT2D eigenvalue weighted by Gasteiger charge is -2.38. The Labute approximate surface area is 130 Å². The highest BCUT2D eigenvalue weighted by molar-refractivity contribution is 4.93. The van der Waals surface area contributed by atoms with E-state index in [0.717, 1.165) is 45.5 Å². The fraction of sp³-hybridized carbons (Fsp3) is 1.00. The third-order valence-corrected chi connectivity index (χ3v) is 5.11. The highest BCUT2D eigenvalue weighted by atomic mass is 16.5. The summed E-state index contributed by atoms with van der Waals surface area (Å²) < 4.78 is 11.1. The van der Waals surface area contributed by atoms with Crippen molar-refractivity contribution in [2.45, 2.75) is 58.0 Å². The zero-order chi connectivity index (χ0) is 15.1. The zero-order valence-electron chi connectivity index (χ0n) is 14.2. The van der Waals surface area contributed by atoms with Crippen molar-refractivity contribution in [3.8, 4) is 0 Å². The smallest absolute Gasteiger partial charge is 0.0589 e. The molecule has 0 radical (unpaired) electrons. The zero-order valence-corrected chi connectivity index (χ0v) is 14.2. The predicted octanol–water partition coefficient (Wildman–Crippen LogP) is 2.28. The molecule has 0 aromatic heterocycles. The van der Waals surface area contributed by atoms with Gasteiger partial charge in [-0.25, -0.2) is 0 Å². The van der Waals surface area contributed by atoms with Crippen LogP contribution in [-0.2, 0) is 9.47 Å². The molecular formula is C17H34N2O2. The van der Waals surface area contributed by atoms with Crippen LogP contribution in [0.15, 0.2) is 0 Å². The minimum absolute atomic E-state index is 0.304. The van der Waals surface area contributed by atoms with Crippen LogP contribution in [0.25, 0.3) is 0 Å². The molecule has 4 heteroatoms. The molecule has 0 aromatic rings. The first-order chi connectivity index (χ1) is 10.2. The van der Waals surface area contributed by atoms with Crippen LogP contribution in [0.2, 0.25) is 0 Å². The van der Waals surface area contributed by atoms with E-state index in [2.05, 4.69) is 24.1 Å². The Morgan fingerprint density at radius 2 is 2.10 bits per heavy atom. The number of hydrogen-bond acceptors (Lipinski definition) is 4. The first-order valence-corrected chi connectivity index (χ1v) is 8.77. The molecule has 0 bridgehead atoms. The Bertz CT molecular complexity index is 285. The minimum atomic E-state index is 0.304. The number of hydrogen-bond donors (Lipinski definition) is 1. The van der Waals surface area contributed by atoms with Gasteiger partial charge in [0, 0.05) is 50.8 Å². The molecule has 1 heterocycles.